The molecule has 1 atom stereocenters. The van der Waals surface area contributed by atoms with Gasteiger partial charge in [-0.05, 0) is 11.6 Å². The van der Waals surface area contributed by atoms with Crippen LogP contribution < -0.4 is 5.43 Å². The zero-order valence-corrected chi connectivity index (χ0v) is 6.07. The van der Waals surface area contributed by atoms with Crippen LogP contribution in [0.2, 0.25) is 0 Å². The Bertz CT molecular complexity index is 247. The predicted molar refractivity (Wildman–Crippen MR) is 43.2 cm³/mol. The summed E-state index contributed by atoms with van der Waals surface area (Å²) in [4.78, 5) is 4.03. The van der Waals surface area contributed by atoms with Crippen LogP contribution in [-0.2, 0) is 0 Å². The fraction of sp³-hybridized carbons (Fsp3) is 0.250. The molecule has 0 radical (unpaired) electrons. The summed E-state index contributed by atoms with van der Waals surface area (Å²) in [6, 6.07) is 4.33. The van der Waals surface area contributed by atoms with Gasteiger partial charge in [-0.3, -0.25) is 4.98 Å². The van der Waals surface area contributed by atoms with Crippen molar-refractivity contribution in [1.29, 1.82) is 0 Å². The minimum Gasteiger partial charge on any atom is -0.302 e. The topological polar surface area (TPSA) is 37.3 Å². The molecule has 2 heterocycles. The Labute approximate surface area is 65.2 Å². The predicted octanol–water partition coefficient (Wildman–Crippen LogP) is 1.10. The van der Waals surface area contributed by atoms with Gasteiger partial charge < -0.3 is 5.43 Å². The van der Waals surface area contributed by atoms with Crippen LogP contribution in [0, 0.1) is 0 Å². The smallest absolute Gasteiger partial charge is 0.0754 e. The number of hydrazone groups is 1. The molecule has 0 aromatic carbocycles. The van der Waals surface area contributed by atoms with Crippen LogP contribution in [-0.4, -0.2) is 11.2 Å². The van der Waals surface area contributed by atoms with Gasteiger partial charge in [0.15, 0.2) is 0 Å². The Balaban J connectivity index is 2.17. The van der Waals surface area contributed by atoms with Gasteiger partial charge >= 0.3 is 0 Å². The zero-order valence-electron chi connectivity index (χ0n) is 6.07. The van der Waals surface area contributed by atoms with Crippen LogP contribution in [0.1, 0.15) is 18.0 Å². The van der Waals surface area contributed by atoms with E-state index in [-0.39, 0.29) is 0 Å². The molecule has 0 fully saturated rings. The first-order chi connectivity index (χ1) is 5.47. The minimum atomic E-state index is 0.337. The van der Waals surface area contributed by atoms with E-state index in [2.05, 4.69) is 21.6 Å². The van der Waals surface area contributed by atoms with Gasteiger partial charge in [0.2, 0.25) is 0 Å². The van der Waals surface area contributed by atoms with E-state index in [0.717, 1.165) is 6.42 Å². The normalized spacial score (nSPS) is 21.6. The quantitative estimate of drug-likeness (QED) is 0.645. The number of aromatic nitrogens is 1. The third-order valence-electron chi connectivity index (χ3n) is 1.75. The van der Waals surface area contributed by atoms with Crippen molar-refractivity contribution in [2.24, 2.45) is 5.10 Å². The van der Waals surface area contributed by atoms with Gasteiger partial charge in [0.1, 0.15) is 0 Å². The molecule has 11 heavy (non-hydrogen) atoms. The zero-order chi connectivity index (χ0) is 7.52. The van der Waals surface area contributed by atoms with Gasteiger partial charge in [0.05, 0.1) is 6.04 Å². The molecule has 0 saturated carbocycles. The van der Waals surface area contributed by atoms with Gasteiger partial charge in [-0.25, -0.2) is 0 Å². The van der Waals surface area contributed by atoms with E-state index in [4.69, 9.17) is 0 Å². The molecule has 0 unspecified atom stereocenters. The number of hydrogen-bond acceptors (Lipinski definition) is 3. The highest BCUT2D eigenvalue weighted by molar-refractivity contribution is 5.60. The molecule has 1 aliphatic heterocycles. The van der Waals surface area contributed by atoms with E-state index >= 15 is 0 Å². The van der Waals surface area contributed by atoms with E-state index < -0.39 is 0 Å². The van der Waals surface area contributed by atoms with Gasteiger partial charge in [-0.15, -0.1) is 0 Å². The van der Waals surface area contributed by atoms with Crippen molar-refractivity contribution in [2.75, 3.05) is 0 Å². The molecule has 1 N–H and O–H groups in total. The first-order valence-electron chi connectivity index (χ1n) is 3.64. The summed E-state index contributed by atoms with van der Waals surface area (Å²) < 4.78 is 0. The first kappa shape index (κ1) is 6.34. The summed E-state index contributed by atoms with van der Waals surface area (Å²) in [6.07, 6.45) is 6.50. The largest absolute Gasteiger partial charge is 0.302 e. The summed E-state index contributed by atoms with van der Waals surface area (Å²) in [5, 5.41) is 3.94. The van der Waals surface area contributed by atoms with E-state index in [0.29, 0.717) is 6.04 Å². The van der Waals surface area contributed by atoms with Crippen LogP contribution in [0.3, 0.4) is 0 Å². The molecule has 1 aromatic rings. The Morgan fingerprint density at radius 3 is 3.18 bits per heavy atom. The molecule has 0 bridgehead atoms. The second-order valence-electron chi connectivity index (χ2n) is 2.52. The highest BCUT2D eigenvalue weighted by Crippen LogP contribution is 2.16. The number of nitrogens with zero attached hydrogens (tertiary/aromatic N) is 2. The summed E-state index contributed by atoms with van der Waals surface area (Å²) >= 11 is 0. The van der Waals surface area contributed by atoms with Crippen molar-refractivity contribution in [2.45, 2.75) is 12.5 Å². The number of hydrogen-bond donors (Lipinski definition) is 1. The molecule has 0 saturated heterocycles. The molecule has 56 valence electrons. The first-order valence-corrected chi connectivity index (χ1v) is 3.64. The van der Waals surface area contributed by atoms with Crippen molar-refractivity contribution >= 4 is 6.21 Å². The van der Waals surface area contributed by atoms with Crippen LogP contribution >= 0.6 is 0 Å². The van der Waals surface area contributed by atoms with Crippen molar-refractivity contribution in [3.05, 3.63) is 30.1 Å². The van der Waals surface area contributed by atoms with Crippen molar-refractivity contribution in [3.63, 3.8) is 0 Å². The maximum atomic E-state index is 4.03. The molecule has 1 aromatic heterocycles. The second kappa shape index (κ2) is 2.70. The van der Waals surface area contributed by atoms with Gasteiger partial charge in [0.25, 0.3) is 0 Å². The molecule has 3 nitrogen and oxygen atoms in total. The van der Waals surface area contributed by atoms with Gasteiger partial charge in [-0.2, -0.15) is 5.10 Å². The van der Waals surface area contributed by atoms with Crippen LogP contribution in [0.25, 0.3) is 0 Å². The van der Waals surface area contributed by atoms with Crippen LogP contribution in [0.4, 0.5) is 0 Å². The average Bonchev–Trinajstić information content (AvgIpc) is 2.58. The van der Waals surface area contributed by atoms with Crippen molar-refractivity contribution < 1.29 is 0 Å². The van der Waals surface area contributed by atoms with Crippen LogP contribution in [0.5, 0.6) is 0 Å². The minimum absolute atomic E-state index is 0.337. The molecule has 2 rings (SSSR count). The molecular formula is C8H9N3. The Hall–Kier alpha value is -1.38. The summed E-state index contributed by atoms with van der Waals surface area (Å²) in [7, 11) is 0. The fourth-order valence-electron chi connectivity index (χ4n) is 1.15. The lowest BCUT2D eigenvalue weighted by molar-refractivity contribution is 0.618. The van der Waals surface area contributed by atoms with E-state index in [9.17, 15) is 0 Å². The highest BCUT2D eigenvalue weighted by Gasteiger charge is 2.11. The van der Waals surface area contributed by atoms with Gasteiger partial charge in [-0.1, -0.05) is 6.07 Å². The number of nitrogens with one attached hydrogen (secondary N) is 1. The summed E-state index contributed by atoms with van der Waals surface area (Å²) in [5.41, 5.74) is 4.20. The van der Waals surface area contributed by atoms with Crippen molar-refractivity contribution in [3.8, 4) is 0 Å². The summed E-state index contributed by atoms with van der Waals surface area (Å²) in [6.45, 7) is 0. The Morgan fingerprint density at radius 2 is 2.55 bits per heavy atom. The Kier molecular flexibility index (Phi) is 1.55. The average molecular weight is 147 g/mol. The molecule has 0 aliphatic carbocycles. The number of rotatable bonds is 1. The van der Waals surface area contributed by atoms with Crippen molar-refractivity contribution in [1.82, 2.24) is 10.4 Å². The third-order valence-corrected chi connectivity index (χ3v) is 1.75. The van der Waals surface area contributed by atoms with E-state index in [1.165, 1.54) is 5.56 Å². The fourth-order valence-corrected chi connectivity index (χ4v) is 1.15. The molecule has 0 amide bonds. The van der Waals surface area contributed by atoms with E-state index in [1.54, 1.807) is 6.20 Å². The lowest BCUT2D eigenvalue weighted by Gasteiger charge is -2.07. The van der Waals surface area contributed by atoms with Gasteiger partial charge in [0, 0.05) is 25.0 Å². The Morgan fingerprint density at radius 1 is 1.55 bits per heavy atom. The number of pyridine rings is 1. The summed E-state index contributed by atoms with van der Waals surface area (Å²) in [5.74, 6) is 0. The standard InChI is InChI=1S/C8H9N3/c1-2-7(6-9-4-1)8-3-5-10-11-8/h1-2,4-6,8,11H,3H2/t8-/m0/s1. The molecular weight excluding hydrogens is 138 g/mol. The lowest BCUT2D eigenvalue weighted by Crippen LogP contribution is -2.09. The SMILES string of the molecule is C1=NN[C@H](c2cccnc2)C1. The van der Waals surface area contributed by atoms with Crippen LogP contribution in [0.15, 0.2) is 29.6 Å². The maximum Gasteiger partial charge on any atom is 0.0754 e. The maximum absolute atomic E-state index is 4.03. The molecule has 1 aliphatic rings. The highest BCUT2D eigenvalue weighted by atomic mass is 15.3. The second-order valence-corrected chi connectivity index (χ2v) is 2.52. The third kappa shape index (κ3) is 1.22. The lowest BCUT2D eigenvalue weighted by atomic mass is 10.1. The monoisotopic (exact) mass is 147 g/mol. The van der Waals surface area contributed by atoms with E-state index in [1.807, 2.05) is 18.5 Å². The molecule has 3 heteroatoms. The molecule has 0 spiro atoms.